The summed E-state index contributed by atoms with van der Waals surface area (Å²) in [7, 11) is 0. The van der Waals surface area contributed by atoms with E-state index in [-0.39, 0.29) is 33.1 Å². The van der Waals surface area contributed by atoms with Gasteiger partial charge < -0.3 is 0 Å². The lowest BCUT2D eigenvalue weighted by Gasteiger charge is -2.30. The number of non-ortho nitro benzene ring substituents is 2. The number of halogens is 2. The van der Waals surface area contributed by atoms with Gasteiger partial charge in [-0.2, -0.15) is 5.01 Å². The van der Waals surface area contributed by atoms with E-state index in [2.05, 4.69) is 31.9 Å². The van der Waals surface area contributed by atoms with Gasteiger partial charge in [0.1, 0.15) is 0 Å². The van der Waals surface area contributed by atoms with Crippen molar-refractivity contribution in [3.05, 3.63) is 79.9 Å². The van der Waals surface area contributed by atoms with Crippen LogP contribution in [-0.4, -0.2) is 47.2 Å². The van der Waals surface area contributed by atoms with E-state index in [1.807, 2.05) is 0 Å². The van der Waals surface area contributed by atoms with Gasteiger partial charge >= 0.3 is 0 Å². The zero-order chi connectivity index (χ0) is 25.4. The van der Waals surface area contributed by atoms with Crippen LogP contribution in [0.15, 0.2) is 48.5 Å². The van der Waals surface area contributed by atoms with Gasteiger partial charge in [-0.05, 0) is 30.5 Å². The van der Waals surface area contributed by atoms with Gasteiger partial charge in [0.25, 0.3) is 29.1 Å². The Bertz CT molecular complexity index is 1180. The van der Waals surface area contributed by atoms with Crippen LogP contribution < -0.4 is 0 Å². The van der Waals surface area contributed by atoms with Gasteiger partial charge in [0.15, 0.2) is 0 Å². The largest absolute Gasteiger partial charge is 0.273 e. The third-order valence-corrected chi connectivity index (χ3v) is 8.90. The average molecular weight is 610 g/mol. The second kappa shape index (κ2) is 9.82. The zero-order valence-electron chi connectivity index (χ0n) is 18.0. The summed E-state index contributed by atoms with van der Waals surface area (Å²) in [5.74, 6) is -2.89. The molecule has 1 aliphatic heterocycles. The van der Waals surface area contributed by atoms with E-state index in [0.29, 0.717) is 18.4 Å². The predicted molar refractivity (Wildman–Crippen MR) is 130 cm³/mol. The second-order valence-electron chi connectivity index (χ2n) is 8.29. The number of imide groups is 1. The van der Waals surface area contributed by atoms with Crippen molar-refractivity contribution >= 4 is 61.0 Å². The van der Waals surface area contributed by atoms with E-state index in [1.165, 1.54) is 36.4 Å². The number of amides is 3. The first-order valence-electron chi connectivity index (χ1n) is 10.5. The normalized spacial score (nSPS) is 23.7. The Morgan fingerprint density at radius 3 is 1.71 bits per heavy atom. The number of hydrogen-bond donors (Lipinski definition) is 0. The van der Waals surface area contributed by atoms with Gasteiger partial charge in [-0.15, -0.1) is 0 Å². The van der Waals surface area contributed by atoms with Crippen molar-refractivity contribution in [3.8, 4) is 0 Å². The fourth-order valence-corrected chi connectivity index (χ4v) is 5.56. The lowest BCUT2D eigenvalue weighted by molar-refractivity contribution is -0.385. The number of rotatable bonds is 6. The summed E-state index contributed by atoms with van der Waals surface area (Å²) in [6, 6.07) is 10.2. The lowest BCUT2D eigenvalue weighted by Crippen LogP contribution is -2.49. The highest BCUT2D eigenvalue weighted by molar-refractivity contribution is 9.12. The summed E-state index contributed by atoms with van der Waals surface area (Å²) in [6.45, 7) is -0.208. The summed E-state index contributed by atoms with van der Waals surface area (Å²) >= 11 is 7.06. The summed E-state index contributed by atoms with van der Waals surface area (Å²) in [6.07, 6.45) is 0.831. The maximum atomic E-state index is 13.5. The van der Waals surface area contributed by atoms with Crippen LogP contribution in [0.2, 0.25) is 0 Å². The first-order chi connectivity index (χ1) is 16.6. The molecule has 0 aromatic heterocycles. The van der Waals surface area contributed by atoms with Crippen molar-refractivity contribution in [2.75, 3.05) is 0 Å². The van der Waals surface area contributed by atoms with E-state index >= 15 is 0 Å². The number of hydrogen-bond acceptors (Lipinski definition) is 7. The van der Waals surface area contributed by atoms with Crippen molar-refractivity contribution in [2.45, 2.75) is 29.0 Å². The van der Waals surface area contributed by atoms with Crippen LogP contribution in [0.4, 0.5) is 11.4 Å². The first-order valence-corrected chi connectivity index (χ1v) is 12.4. The standard InChI is InChI=1S/C22H18Br2N4O7/c23-18-9-16-17(10-19(18)24)22(31)26(21(16)30)25(11-12-1-5-14(6-2-12)27(32)33)20(29)13-3-7-15(8-4-13)28(34)35/h1-8,16-19H,9-11H2/t16-,17-,18-,19+/m1/s1. The maximum Gasteiger partial charge on any atom is 0.273 e. The third-order valence-electron chi connectivity index (χ3n) is 6.17. The van der Waals surface area contributed by atoms with E-state index in [0.717, 1.165) is 22.2 Å². The Hall–Kier alpha value is -3.19. The van der Waals surface area contributed by atoms with E-state index < -0.39 is 39.4 Å². The number of fused-ring (bicyclic) bond motifs is 1. The number of nitrogens with zero attached hydrogens (tertiary/aromatic N) is 4. The third kappa shape index (κ3) is 4.82. The van der Waals surface area contributed by atoms with Gasteiger partial charge in [0.2, 0.25) is 0 Å². The fraction of sp³-hybridized carbons (Fsp3) is 0.318. The van der Waals surface area contributed by atoms with Crippen molar-refractivity contribution in [3.63, 3.8) is 0 Å². The molecule has 2 aromatic carbocycles. The number of nitro groups is 2. The SMILES string of the molecule is O=C(c1ccc([N+](=O)[O-])cc1)N(Cc1ccc([N+](=O)[O-])cc1)N1C(=O)[C@@H]2C[C@@H](Br)[C@@H](Br)C[C@H]2C1=O. The lowest BCUT2D eigenvalue weighted by atomic mass is 9.81. The minimum Gasteiger partial charge on any atom is -0.272 e. The summed E-state index contributed by atoms with van der Waals surface area (Å²) in [5, 5.41) is 23.8. The van der Waals surface area contributed by atoms with Crippen molar-refractivity contribution in [2.24, 2.45) is 11.8 Å². The van der Waals surface area contributed by atoms with Gasteiger partial charge in [-0.1, -0.05) is 44.0 Å². The minimum absolute atomic E-state index is 0.0195. The summed E-state index contributed by atoms with van der Waals surface area (Å²) < 4.78 is 0. The zero-order valence-corrected chi connectivity index (χ0v) is 21.1. The van der Waals surface area contributed by atoms with Gasteiger partial charge in [0.05, 0.1) is 28.2 Å². The smallest absolute Gasteiger partial charge is 0.272 e. The van der Waals surface area contributed by atoms with E-state index in [1.54, 1.807) is 0 Å². The molecule has 1 aliphatic carbocycles. The molecule has 1 saturated carbocycles. The van der Waals surface area contributed by atoms with Crippen molar-refractivity contribution < 1.29 is 24.2 Å². The topological polar surface area (TPSA) is 144 Å². The minimum atomic E-state index is -0.704. The highest BCUT2D eigenvalue weighted by Gasteiger charge is 2.54. The highest BCUT2D eigenvalue weighted by Crippen LogP contribution is 2.44. The molecule has 4 rings (SSSR count). The van der Waals surface area contributed by atoms with E-state index in [4.69, 9.17) is 0 Å². The molecule has 35 heavy (non-hydrogen) atoms. The van der Waals surface area contributed by atoms with Crippen LogP contribution in [0.1, 0.15) is 28.8 Å². The Morgan fingerprint density at radius 2 is 1.29 bits per heavy atom. The van der Waals surface area contributed by atoms with Crippen LogP contribution in [-0.2, 0) is 16.1 Å². The van der Waals surface area contributed by atoms with Gasteiger partial charge in [-0.3, -0.25) is 34.6 Å². The molecule has 1 saturated heterocycles. The molecule has 13 heteroatoms. The monoisotopic (exact) mass is 608 g/mol. The van der Waals surface area contributed by atoms with Gasteiger partial charge in [0, 0.05) is 39.5 Å². The molecule has 1 heterocycles. The van der Waals surface area contributed by atoms with Crippen LogP contribution in [0, 0.1) is 32.1 Å². The number of hydrazine groups is 1. The Morgan fingerprint density at radius 1 is 0.857 bits per heavy atom. The molecule has 0 N–H and O–H groups in total. The first kappa shape index (κ1) is 24.9. The Kier molecular flexibility index (Phi) is 6.99. The molecule has 4 atom stereocenters. The van der Waals surface area contributed by atoms with Gasteiger partial charge in [-0.25, -0.2) is 5.01 Å². The molecule has 0 radical (unpaired) electrons. The molecule has 11 nitrogen and oxygen atoms in total. The molecule has 3 amide bonds. The molecule has 0 unspecified atom stereocenters. The van der Waals surface area contributed by atoms with E-state index in [9.17, 15) is 34.6 Å². The van der Waals surface area contributed by atoms with Crippen LogP contribution in [0.25, 0.3) is 0 Å². The fourth-order valence-electron chi connectivity index (χ4n) is 4.32. The Labute approximate surface area is 215 Å². The molecule has 2 aromatic rings. The molecular formula is C22H18Br2N4O7. The number of nitro benzene ring substituents is 2. The maximum absolute atomic E-state index is 13.5. The Balaban J connectivity index is 1.70. The van der Waals surface area contributed by atoms with Crippen molar-refractivity contribution in [1.29, 1.82) is 0 Å². The molecule has 0 bridgehead atoms. The number of carbonyl (C=O) groups is 3. The summed E-state index contributed by atoms with van der Waals surface area (Å²) in [4.78, 5) is 61.0. The number of benzene rings is 2. The number of carbonyl (C=O) groups excluding carboxylic acids is 3. The van der Waals surface area contributed by atoms with Crippen LogP contribution in [0.3, 0.4) is 0 Å². The van der Waals surface area contributed by atoms with Crippen molar-refractivity contribution in [1.82, 2.24) is 10.0 Å². The summed E-state index contributed by atoms with van der Waals surface area (Å²) in [5.41, 5.74) is 0.144. The molecule has 182 valence electrons. The molecular weight excluding hydrogens is 592 g/mol. The molecule has 2 fully saturated rings. The molecule has 2 aliphatic rings. The van der Waals surface area contributed by atoms with Crippen LogP contribution >= 0.6 is 31.9 Å². The number of alkyl halides is 2. The van der Waals surface area contributed by atoms with Crippen LogP contribution in [0.5, 0.6) is 0 Å². The predicted octanol–water partition coefficient (Wildman–Crippen LogP) is 3.98. The second-order valence-corrected chi connectivity index (χ2v) is 10.6. The molecule has 0 spiro atoms. The average Bonchev–Trinajstić information content (AvgIpc) is 3.06. The quantitative estimate of drug-likeness (QED) is 0.208. The highest BCUT2D eigenvalue weighted by atomic mass is 79.9.